The molecule has 6 nitrogen and oxygen atoms in total. The Morgan fingerprint density at radius 3 is 2.46 bits per heavy atom. The van der Waals surface area contributed by atoms with Crippen LogP contribution < -0.4 is 5.32 Å². The van der Waals surface area contributed by atoms with Crippen LogP contribution in [0, 0.1) is 12.8 Å². The van der Waals surface area contributed by atoms with Gasteiger partial charge in [-0.05, 0) is 32.3 Å². The van der Waals surface area contributed by atoms with E-state index in [9.17, 15) is 14.4 Å². The van der Waals surface area contributed by atoms with Crippen LogP contribution in [0.25, 0.3) is 11.1 Å². The molecule has 28 heavy (non-hydrogen) atoms. The first kappa shape index (κ1) is 20.1. The molecule has 1 heterocycles. The molecule has 2 aromatic rings. The van der Waals surface area contributed by atoms with Crippen molar-refractivity contribution in [3.63, 3.8) is 0 Å². The smallest absolute Gasteiger partial charge is 0.341 e. The molecule has 3 rings (SSSR count). The molecule has 1 aliphatic carbocycles. The second-order valence-electron chi connectivity index (χ2n) is 6.61. The lowest BCUT2D eigenvalue weighted by Crippen LogP contribution is -2.28. The highest BCUT2D eigenvalue weighted by molar-refractivity contribution is 7.17. The number of aryl methyl sites for hydroxylation is 1. The number of thiophene rings is 1. The summed E-state index contributed by atoms with van der Waals surface area (Å²) in [7, 11) is 0. The van der Waals surface area contributed by atoms with Gasteiger partial charge in [-0.25, -0.2) is 4.79 Å². The third-order valence-electron chi connectivity index (χ3n) is 4.66. The van der Waals surface area contributed by atoms with E-state index < -0.39 is 11.9 Å². The summed E-state index contributed by atoms with van der Waals surface area (Å²) in [6.45, 7) is 3.49. The molecule has 1 N–H and O–H groups in total. The van der Waals surface area contributed by atoms with E-state index in [0.717, 1.165) is 35.3 Å². The Morgan fingerprint density at radius 2 is 1.86 bits per heavy atom. The Hall–Kier alpha value is -2.67. The van der Waals surface area contributed by atoms with Crippen molar-refractivity contribution in [2.24, 2.45) is 5.92 Å². The molecule has 0 atom stereocenters. The molecule has 1 aromatic carbocycles. The van der Waals surface area contributed by atoms with E-state index in [-0.39, 0.29) is 25.1 Å². The second kappa shape index (κ2) is 9.01. The molecule has 1 fully saturated rings. The fourth-order valence-electron chi connectivity index (χ4n) is 3.04. The summed E-state index contributed by atoms with van der Waals surface area (Å²) in [5.74, 6) is -1.39. The van der Waals surface area contributed by atoms with E-state index in [4.69, 9.17) is 9.47 Å². The first-order valence-corrected chi connectivity index (χ1v) is 10.1. The Morgan fingerprint density at radius 1 is 1.14 bits per heavy atom. The lowest BCUT2D eigenvalue weighted by Gasteiger charge is -2.22. The standard InChI is InChI=1S/C21H23NO5S/c1-3-26-21(25)18-17(14-8-5-4-6-9-14)13(2)28-19(18)22-16(23)12-27-20(24)15-10-7-11-15/h4-6,8-9,15H,3,7,10-12H2,1-2H3,(H,22,23). The lowest BCUT2D eigenvalue weighted by molar-refractivity contribution is -0.154. The molecule has 7 heteroatoms. The zero-order chi connectivity index (χ0) is 20.1. The third-order valence-corrected chi connectivity index (χ3v) is 5.68. The van der Waals surface area contributed by atoms with Gasteiger partial charge in [-0.15, -0.1) is 11.3 Å². The number of ether oxygens (including phenoxy) is 2. The second-order valence-corrected chi connectivity index (χ2v) is 7.83. The number of hydrogen-bond acceptors (Lipinski definition) is 6. The zero-order valence-corrected chi connectivity index (χ0v) is 16.8. The average Bonchev–Trinajstić information content (AvgIpc) is 2.95. The molecule has 0 spiro atoms. The summed E-state index contributed by atoms with van der Waals surface area (Å²) >= 11 is 1.30. The first-order valence-electron chi connectivity index (χ1n) is 9.33. The van der Waals surface area contributed by atoms with Crippen LogP contribution in [0.1, 0.15) is 41.4 Å². The Balaban J connectivity index is 1.80. The predicted molar refractivity (Wildman–Crippen MR) is 107 cm³/mol. The maximum Gasteiger partial charge on any atom is 0.341 e. The number of anilines is 1. The van der Waals surface area contributed by atoms with Crippen molar-refractivity contribution in [3.8, 4) is 11.1 Å². The van der Waals surface area contributed by atoms with Crippen LogP contribution in [0.5, 0.6) is 0 Å². The van der Waals surface area contributed by atoms with Crippen LogP contribution in [-0.2, 0) is 19.1 Å². The van der Waals surface area contributed by atoms with Gasteiger partial charge in [0, 0.05) is 10.4 Å². The molecule has 1 aliphatic rings. The topological polar surface area (TPSA) is 81.7 Å². The fraction of sp³-hybridized carbons (Fsp3) is 0.381. The number of rotatable bonds is 7. The summed E-state index contributed by atoms with van der Waals surface area (Å²) in [6, 6.07) is 9.49. The number of carbonyl (C=O) groups is 3. The van der Waals surface area contributed by atoms with Gasteiger partial charge in [0.1, 0.15) is 10.6 Å². The number of carbonyl (C=O) groups excluding carboxylic acids is 3. The molecule has 0 bridgehead atoms. The summed E-state index contributed by atoms with van der Waals surface area (Å²) in [5, 5.41) is 3.12. The van der Waals surface area contributed by atoms with Gasteiger partial charge >= 0.3 is 11.9 Å². The van der Waals surface area contributed by atoms with Crippen molar-refractivity contribution in [3.05, 3.63) is 40.8 Å². The number of hydrogen-bond donors (Lipinski definition) is 1. The molecule has 0 aliphatic heterocycles. The number of benzene rings is 1. The lowest BCUT2D eigenvalue weighted by atomic mass is 9.86. The third kappa shape index (κ3) is 4.42. The van der Waals surface area contributed by atoms with Crippen molar-refractivity contribution in [1.82, 2.24) is 0 Å². The minimum absolute atomic E-state index is 0.0865. The van der Waals surface area contributed by atoms with Crippen LogP contribution in [0.15, 0.2) is 30.3 Å². The Kier molecular flexibility index (Phi) is 6.46. The highest BCUT2D eigenvalue weighted by Crippen LogP contribution is 2.40. The van der Waals surface area contributed by atoms with E-state index >= 15 is 0 Å². The minimum Gasteiger partial charge on any atom is -0.462 e. The SMILES string of the molecule is CCOC(=O)c1c(NC(=O)COC(=O)C2CCC2)sc(C)c1-c1ccccc1. The molecule has 1 saturated carbocycles. The zero-order valence-electron chi connectivity index (χ0n) is 15.9. The minimum atomic E-state index is -0.493. The van der Waals surface area contributed by atoms with Gasteiger partial charge in [-0.1, -0.05) is 36.8 Å². The molecule has 0 unspecified atom stereocenters. The number of amides is 1. The molecular weight excluding hydrogens is 378 g/mol. The van der Waals surface area contributed by atoms with Gasteiger partial charge in [0.25, 0.3) is 5.91 Å². The molecule has 0 radical (unpaired) electrons. The van der Waals surface area contributed by atoms with Crippen molar-refractivity contribution in [2.45, 2.75) is 33.1 Å². The maximum atomic E-state index is 12.6. The van der Waals surface area contributed by atoms with E-state index in [1.165, 1.54) is 11.3 Å². The Bertz CT molecular complexity index is 870. The van der Waals surface area contributed by atoms with E-state index in [2.05, 4.69) is 5.32 Å². The van der Waals surface area contributed by atoms with Crippen LogP contribution in [0.3, 0.4) is 0 Å². The van der Waals surface area contributed by atoms with Gasteiger partial charge in [-0.3, -0.25) is 9.59 Å². The number of esters is 2. The molecule has 1 amide bonds. The van der Waals surface area contributed by atoms with E-state index in [1.807, 2.05) is 37.3 Å². The summed E-state index contributed by atoms with van der Waals surface area (Å²) in [4.78, 5) is 37.6. The predicted octanol–water partition coefficient (Wildman–Crippen LogP) is 4.18. The van der Waals surface area contributed by atoms with Gasteiger partial charge in [0.15, 0.2) is 6.61 Å². The molecule has 0 saturated heterocycles. The van der Waals surface area contributed by atoms with Crippen LogP contribution >= 0.6 is 11.3 Å². The fourth-order valence-corrected chi connectivity index (χ4v) is 4.12. The van der Waals surface area contributed by atoms with Gasteiger partial charge < -0.3 is 14.8 Å². The van der Waals surface area contributed by atoms with Crippen LogP contribution in [0.4, 0.5) is 5.00 Å². The van der Waals surface area contributed by atoms with Gasteiger partial charge in [-0.2, -0.15) is 0 Å². The highest BCUT2D eigenvalue weighted by atomic mass is 32.1. The van der Waals surface area contributed by atoms with E-state index in [1.54, 1.807) is 6.92 Å². The van der Waals surface area contributed by atoms with Crippen molar-refractivity contribution >= 4 is 34.2 Å². The molecule has 148 valence electrons. The average molecular weight is 401 g/mol. The van der Waals surface area contributed by atoms with E-state index in [0.29, 0.717) is 10.6 Å². The van der Waals surface area contributed by atoms with Crippen LogP contribution in [0.2, 0.25) is 0 Å². The van der Waals surface area contributed by atoms with Crippen molar-refractivity contribution in [2.75, 3.05) is 18.5 Å². The molecule has 1 aromatic heterocycles. The van der Waals surface area contributed by atoms with Crippen LogP contribution in [-0.4, -0.2) is 31.1 Å². The number of nitrogens with one attached hydrogen (secondary N) is 1. The summed E-state index contributed by atoms with van der Waals surface area (Å²) in [5.41, 5.74) is 1.94. The summed E-state index contributed by atoms with van der Waals surface area (Å²) in [6.07, 6.45) is 2.65. The van der Waals surface area contributed by atoms with Crippen molar-refractivity contribution < 1.29 is 23.9 Å². The monoisotopic (exact) mass is 401 g/mol. The van der Waals surface area contributed by atoms with Crippen molar-refractivity contribution in [1.29, 1.82) is 0 Å². The summed E-state index contributed by atoms with van der Waals surface area (Å²) < 4.78 is 10.3. The Labute approximate surface area is 167 Å². The molecular formula is C21H23NO5S. The normalized spacial score (nSPS) is 13.5. The maximum absolute atomic E-state index is 12.6. The first-order chi connectivity index (χ1) is 13.5. The van der Waals surface area contributed by atoms with Gasteiger partial charge in [0.05, 0.1) is 12.5 Å². The quantitative estimate of drug-likeness (QED) is 0.704. The largest absolute Gasteiger partial charge is 0.462 e. The van der Waals surface area contributed by atoms with Gasteiger partial charge in [0.2, 0.25) is 0 Å². The highest BCUT2D eigenvalue weighted by Gasteiger charge is 2.28.